The fraction of sp³-hybridized carbons (Fsp3) is 0.667. The number of nitro groups is 1. The van der Waals surface area contributed by atoms with Gasteiger partial charge in [-0.15, -0.1) is 4.41 Å². The van der Waals surface area contributed by atoms with Gasteiger partial charge in [-0.05, 0) is 17.9 Å². The molecule has 1 aliphatic rings. The quantitative estimate of drug-likeness (QED) is 0.507. The molecule has 1 fully saturated rings. The summed E-state index contributed by atoms with van der Waals surface area (Å²) < 4.78 is 27.3. The van der Waals surface area contributed by atoms with Gasteiger partial charge in [0.25, 0.3) is 5.69 Å². The van der Waals surface area contributed by atoms with Gasteiger partial charge in [0.2, 0.25) is 10.0 Å². The first-order valence-corrected chi connectivity index (χ1v) is 11.1. The number of nitrogens with one attached hydrogen (secondary N) is 1. The minimum atomic E-state index is -3.37. The van der Waals surface area contributed by atoms with Gasteiger partial charge in [-0.3, -0.25) is 10.1 Å². The van der Waals surface area contributed by atoms with Crippen LogP contribution in [0.2, 0.25) is 0 Å². The molecule has 1 heterocycles. The number of benzene rings is 1. The van der Waals surface area contributed by atoms with E-state index >= 15 is 0 Å². The van der Waals surface area contributed by atoms with Gasteiger partial charge in [0, 0.05) is 44.4 Å². The zero-order valence-corrected chi connectivity index (χ0v) is 17.1. The van der Waals surface area contributed by atoms with Gasteiger partial charge in [0.1, 0.15) is 0 Å². The highest BCUT2D eigenvalue weighted by atomic mass is 32.2. The Morgan fingerprint density at radius 2 is 2.00 bits per heavy atom. The summed E-state index contributed by atoms with van der Waals surface area (Å²) in [5, 5.41) is 16.1. The van der Waals surface area contributed by atoms with Crippen LogP contribution in [-0.4, -0.2) is 54.7 Å². The Balaban J connectivity index is 2.18. The molecular weight excluding hydrogens is 368 g/mol. The Bertz CT molecular complexity index is 721. The summed E-state index contributed by atoms with van der Waals surface area (Å²) >= 11 is 0. The summed E-state index contributed by atoms with van der Waals surface area (Å²) in [7, 11) is -3.37. The Morgan fingerprint density at radius 3 is 2.56 bits per heavy atom. The van der Waals surface area contributed by atoms with Crippen molar-refractivity contribution in [1.29, 1.82) is 0 Å². The van der Waals surface area contributed by atoms with E-state index in [1.807, 2.05) is 25.8 Å². The SMILES string of the molecule is CCCCN(N1CCNC(c2ccc([N+](=O)[O-])cc2)C1)S(=O)(=O)CC(C)C. The molecule has 152 valence electrons. The lowest BCUT2D eigenvalue weighted by molar-refractivity contribution is -0.384. The highest BCUT2D eigenvalue weighted by Gasteiger charge is 2.32. The third-order valence-corrected chi connectivity index (χ3v) is 6.69. The first-order chi connectivity index (χ1) is 12.7. The Kier molecular flexibility index (Phi) is 7.72. The first kappa shape index (κ1) is 21.7. The van der Waals surface area contributed by atoms with Crippen LogP contribution in [0, 0.1) is 16.0 Å². The molecule has 1 saturated heterocycles. The van der Waals surface area contributed by atoms with Crippen LogP contribution in [0.4, 0.5) is 5.69 Å². The largest absolute Gasteiger partial charge is 0.307 e. The highest BCUT2D eigenvalue weighted by Crippen LogP contribution is 2.23. The average Bonchev–Trinajstić information content (AvgIpc) is 2.61. The lowest BCUT2D eigenvalue weighted by atomic mass is 10.0. The average molecular weight is 399 g/mol. The van der Waals surface area contributed by atoms with Gasteiger partial charge < -0.3 is 5.32 Å². The summed E-state index contributed by atoms with van der Waals surface area (Å²) in [5.74, 6) is 0.190. The topological polar surface area (TPSA) is 95.8 Å². The smallest absolute Gasteiger partial charge is 0.269 e. The van der Waals surface area contributed by atoms with E-state index in [0.717, 1.165) is 18.4 Å². The van der Waals surface area contributed by atoms with Gasteiger partial charge >= 0.3 is 0 Å². The molecule has 27 heavy (non-hydrogen) atoms. The number of sulfonamides is 1. The van der Waals surface area contributed by atoms with Crippen LogP contribution in [0.1, 0.15) is 45.2 Å². The molecule has 0 radical (unpaired) electrons. The number of nitro benzene ring substituents is 1. The van der Waals surface area contributed by atoms with E-state index < -0.39 is 14.9 Å². The lowest BCUT2D eigenvalue weighted by Gasteiger charge is -2.40. The maximum Gasteiger partial charge on any atom is 0.269 e. The molecule has 9 heteroatoms. The highest BCUT2D eigenvalue weighted by molar-refractivity contribution is 7.89. The van der Waals surface area contributed by atoms with Crippen molar-refractivity contribution < 1.29 is 13.3 Å². The van der Waals surface area contributed by atoms with Crippen molar-refractivity contribution >= 4 is 15.7 Å². The fourth-order valence-electron chi connectivity index (χ4n) is 3.25. The van der Waals surface area contributed by atoms with Crippen molar-refractivity contribution in [2.75, 3.05) is 31.9 Å². The predicted molar refractivity (Wildman–Crippen MR) is 106 cm³/mol. The molecule has 0 bridgehead atoms. The van der Waals surface area contributed by atoms with Crippen LogP contribution in [-0.2, 0) is 10.0 Å². The molecule has 1 aliphatic heterocycles. The molecule has 0 aliphatic carbocycles. The second-order valence-corrected chi connectivity index (χ2v) is 9.26. The Hall–Kier alpha value is -1.55. The van der Waals surface area contributed by atoms with E-state index in [0.29, 0.717) is 26.2 Å². The van der Waals surface area contributed by atoms with E-state index in [2.05, 4.69) is 5.32 Å². The summed E-state index contributed by atoms with van der Waals surface area (Å²) in [6.45, 7) is 8.13. The molecule has 0 saturated carbocycles. The maximum absolute atomic E-state index is 12.9. The summed E-state index contributed by atoms with van der Waals surface area (Å²) in [5.41, 5.74) is 0.970. The van der Waals surface area contributed by atoms with Crippen LogP contribution >= 0.6 is 0 Å². The fourth-order valence-corrected chi connectivity index (χ4v) is 5.17. The molecule has 0 aromatic heterocycles. The van der Waals surface area contributed by atoms with Crippen molar-refractivity contribution in [3.05, 3.63) is 39.9 Å². The van der Waals surface area contributed by atoms with Crippen LogP contribution in [0.5, 0.6) is 0 Å². The zero-order valence-electron chi connectivity index (χ0n) is 16.3. The van der Waals surface area contributed by atoms with Crippen LogP contribution in [0.25, 0.3) is 0 Å². The number of hydrazine groups is 1. The second-order valence-electron chi connectivity index (χ2n) is 7.34. The summed E-state index contributed by atoms with van der Waals surface area (Å²) in [4.78, 5) is 10.4. The summed E-state index contributed by atoms with van der Waals surface area (Å²) in [6, 6.07) is 6.37. The third-order valence-electron chi connectivity index (χ3n) is 4.54. The lowest BCUT2D eigenvalue weighted by Crippen LogP contribution is -2.56. The van der Waals surface area contributed by atoms with E-state index in [1.54, 1.807) is 16.5 Å². The van der Waals surface area contributed by atoms with E-state index in [4.69, 9.17) is 0 Å². The van der Waals surface area contributed by atoms with E-state index in [1.165, 1.54) is 12.1 Å². The van der Waals surface area contributed by atoms with Crippen molar-refractivity contribution in [2.24, 2.45) is 5.92 Å². The molecule has 1 atom stereocenters. The second kappa shape index (κ2) is 9.59. The molecule has 1 aromatic carbocycles. The number of hydrogen-bond acceptors (Lipinski definition) is 6. The molecule has 2 rings (SSSR count). The van der Waals surface area contributed by atoms with Crippen molar-refractivity contribution in [2.45, 2.75) is 39.7 Å². The molecule has 0 amide bonds. The van der Waals surface area contributed by atoms with E-state index in [9.17, 15) is 18.5 Å². The van der Waals surface area contributed by atoms with Crippen LogP contribution in [0.15, 0.2) is 24.3 Å². The number of hydrogen-bond donors (Lipinski definition) is 1. The van der Waals surface area contributed by atoms with Crippen LogP contribution in [0.3, 0.4) is 0 Å². The van der Waals surface area contributed by atoms with Gasteiger partial charge in [-0.2, -0.15) is 0 Å². The standard InChI is InChI=1S/C18H30N4O4S/c1-4-5-11-21(27(25,26)14-15(2)3)20-12-10-19-18(13-20)16-6-8-17(9-7-16)22(23)24/h6-9,15,18-19H,4-5,10-14H2,1-3H3. The van der Waals surface area contributed by atoms with Crippen molar-refractivity contribution in [3.63, 3.8) is 0 Å². The molecule has 8 nitrogen and oxygen atoms in total. The third kappa shape index (κ3) is 5.97. The number of nitrogens with zero attached hydrogens (tertiary/aromatic N) is 3. The van der Waals surface area contributed by atoms with Crippen molar-refractivity contribution in [1.82, 2.24) is 14.7 Å². The zero-order chi connectivity index (χ0) is 20.0. The number of non-ortho nitro benzene ring substituents is 1. The number of piperazine rings is 1. The van der Waals surface area contributed by atoms with Crippen LogP contribution < -0.4 is 5.32 Å². The Morgan fingerprint density at radius 1 is 1.33 bits per heavy atom. The number of rotatable bonds is 9. The summed E-state index contributed by atoms with van der Waals surface area (Å²) in [6.07, 6.45) is 1.73. The van der Waals surface area contributed by atoms with Crippen molar-refractivity contribution in [3.8, 4) is 0 Å². The van der Waals surface area contributed by atoms with Gasteiger partial charge in [0.05, 0.1) is 10.7 Å². The number of unbranched alkanes of at least 4 members (excludes halogenated alkanes) is 1. The molecule has 0 spiro atoms. The normalized spacial score (nSPS) is 18.9. The minimum Gasteiger partial charge on any atom is -0.307 e. The minimum absolute atomic E-state index is 0.0514. The maximum atomic E-state index is 12.9. The Labute approximate surface area is 161 Å². The van der Waals surface area contributed by atoms with E-state index in [-0.39, 0.29) is 23.4 Å². The first-order valence-electron chi connectivity index (χ1n) is 9.47. The van der Waals surface area contributed by atoms with Gasteiger partial charge in [0.15, 0.2) is 0 Å². The van der Waals surface area contributed by atoms with Gasteiger partial charge in [-0.1, -0.05) is 39.3 Å². The van der Waals surface area contributed by atoms with Gasteiger partial charge in [-0.25, -0.2) is 13.4 Å². The predicted octanol–water partition coefficient (Wildman–Crippen LogP) is 2.54. The molecular formula is C18H30N4O4S. The molecule has 1 aromatic rings. The molecule has 1 unspecified atom stereocenters. The monoisotopic (exact) mass is 398 g/mol. The molecule has 1 N–H and O–H groups in total.